The van der Waals surface area contributed by atoms with E-state index in [4.69, 9.17) is 5.11 Å². The second-order valence-electron chi connectivity index (χ2n) is 3.00. The summed E-state index contributed by atoms with van der Waals surface area (Å²) < 4.78 is 0. The van der Waals surface area contributed by atoms with Gasteiger partial charge in [0.05, 0.1) is 5.56 Å². The number of hydrogen-bond acceptors (Lipinski definition) is 5. The molecule has 0 amide bonds. The molecule has 7 heteroatoms. The minimum absolute atomic E-state index is 0.159. The van der Waals surface area contributed by atoms with Crippen molar-refractivity contribution < 1.29 is 9.90 Å². The molecule has 0 radical (unpaired) electrons. The molecule has 0 aromatic carbocycles. The van der Waals surface area contributed by atoms with Crippen molar-refractivity contribution in [2.24, 2.45) is 0 Å². The summed E-state index contributed by atoms with van der Waals surface area (Å²) in [6.45, 7) is 1.80. The average Bonchev–Trinajstić information content (AvgIpc) is 2.70. The highest BCUT2D eigenvalue weighted by Crippen LogP contribution is 2.25. The Balaban J connectivity index is 2.38. The number of H-pyrrole nitrogens is 1. The van der Waals surface area contributed by atoms with E-state index >= 15 is 0 Å². The Morgan fingerprint density at radius 3 is 2.94 bits per heavy atom. The normalized spacial score (nSPS) is 10.3. The monoisotopic (exact) mass is 236 g/mol. The van der Waals surface area contributed by atoms with Crippen molar-refractivity contribution in [3.05, 3.63) is 29.7 Å². The topological polar surface area (TPSA) is 91.8 Å². The number of aromatic nitrogens is 4. The third kappa shape index (κ3) is 2.19. The summed E-state index contributed by atoms with van der Waals surface area (Å²) >= 11 is 1.14. The molecule has 6 nitrogen and oxygen atoms in total. The first-order valence-corrected chi connectivity index (χ1v) is 5.22. The quantitative estimate of drug-likeness (QED) is 0.835. The molecular weight excluding hydrogens is 228 g/mol. The summed E-state index contributed by atoms with van der Waals surface area (Å²) in [7, 11) is 0. The van der Waals surface area contributed by atoms with E-state index in [1.807, 2.05) is 0 Å². The van der Waals surface area contributed by atoms with Crippen LogP contribution >= 0.6 is 11.8 Å². The number of aromatic carboxylic acids is 1. The number of rotatable bonds is 3. The fourth-order valence-electron chi connectivity index (χ4n) is 1.11. The van der Waals surface area contributed by atoms with Crippen LogP contribution in [0.1, 0.15) is 16.1 Å². The highest BCUT2D eigenvalue weighted by molar-refractivity contribution is 7.99. The number of pyridine rings is 1. The number of aromatic amines is 1. The molecule has 0 fully saturated rings. The van der Waals surface area contributed by atoms with E-state index in [1.54, 1.807) is 13.0 Å². The van der Waals surface area contributed by atoms with Crippen LogP contribution in [0.25, 0.3) is 0 Å². The molecule has 0 saturated carbocycles. The number of carboxylic acid groups (broad SMARTS) is 1. The first-order valence-electron chi connectivity index (χ1n) is 4.41. The molecule has 0 saturated heterocycles. The van der Waals surface area contributed by atoms with Gasteiger partial charge in [-0.2, -0.15) is 5.10 Å². The maximum Gasteiger partial charge on any atom is 0.338 e. The van der Waals surface area contributed by atoms with Crippen molar-refractivity contribution >= 4 is 17.7 Å². The Labute approximate surface area is 95.1 Å². The molecule has 2 N–H and O–H groups in total. The van der Waals surface area contributed by atoms with Crippen LogP contribution in [0.4, 0.5) is 0 Å². The van der Waals surface area contributed by atoms with Crippen LogP contribution in [0.5, 0.6) is 0 Å². The van der Waals surface area contributed by atoms with E-state index in [0.29, 0.717) is 10.2 Å². The summed E-state index contributed by atoms with van der Waals surface area (Å²) in [5.74, 6) is -1.01. The molecule has 2 heterocycles. The maximum atomic E-state index is 11.0. The predicted octanol–water partition coefficient (Wildman–Crippen LogP) is 1.36. The lowest BCUT2D eigenvalue weighted by Crippen LogP contribution is -2.01. The molecule has 0 aliphatic heterocycles. The van der Waals surface area contributed by atoms with Gasteiger partial charge in [0.2, 0.25) is 0 Å². The van der Waals surface area contributed by atoms with Gasteiger partial charge in [0, 0.05) is 5.69 Å². The van der Waals surface area contributed by atoms with Gasteiger partial charge >= 0.3 is 5.97 Å². The van der Waals surface area contributed by atoms with Gasteiger partial charge in [0.15, 0.2) is 5.16 Å². The minimum atomic E-state index is -1.01. The Morgan fingerprint density at radius 2 is 2.31 bits per heavy atom. The predicted molar refractivity (Wildman–Crippen MR) is 56.4 cm³/mol. The van der Waals surface area contributed by atoms with Crippen molar-refractivity contribution in [2.45, 2.75) is 17.1 Å². The zero-order valence-corrected chi connectivity index (χ0v) is 9.15. The smallest absolute Gasteiger partial charge is 0.338 e. The number of nitrogens with zero attached hydrogens (tertiary/aromatic N) is 3. The first-order chi connectivity index (χ1) is 7.66. The van der Waals surface area contributed by atoms with Crippen LogP contribution in [0.2, 0.25) is 0 Å². The molecule has 2 aromatic heterocycles. The van der Waals surface area contributed by atoms with Crippen molar-refractivity contribution in [1.29, 1.82) is 0 Å². The summed E-state index contributed by atoms with van der Waals surface area (Å²) in [5.41, 5.74) is 0.916. The molecule has 2 aromatic rings. The van der Waals surface area contributed by atoms with Gasteiger partial charge in [0.25, 0.3) is 0 Å². The molecule has 0 aliphatic rings. The second kappa shape index (κ2) is 4.31. The van der Waals surface area contributed by atoms with Gasteiger partial charge in [-0.1, -0.05) is 0 Å². The lowest BCUT2D eigenvalue weighted by atomic mass is 10.2. The molecular formula is C9H8N4O2S. The van der Waals surface area contributed by atoms with Crippen LogP contribution < -0.4 is 0 Å². The molecule has 0 unspecified atom stereocenters. The Kier molecular flexibility index (Phi) is 2.86. The Hall–Kier alpha value is -1.89. The zero-order chi connectivity index (χ0) is 11.5. The lowest BCUT2D eigenvalue weighted by Gasteiger charge is -2.03. The van der Waals surface area contributed by atoms with E-state index in [-0.39, 0.29) is 5.56 Å². The fourth-order valence-corrected chi connectivity index (χ4v) is 1.94. The summed E-state index contributed by atoms with van der Waals surface area (Å²) in [6.07, 6.45) is 1.36. The van der Waals surface area contributed by atoms with Gasteiger partial charge in [-0.25, -0.2) is 14.8 Å². The third-order valence-corrected chi connectivity index (χ3v) is 2.71. The minimum Gasteiger partial charge on any atom is -0.478 e. The molecule has 16 heavy (non-hydrogen) atoms. The average molecular weight is 236 g/mol. The van der Waals surface area contributed by atoms with Gasteiger partial charge in [-0.15, -0.1) is 0 Å². The highest BCUT2D eigenvalue weighted by Gasteiger charge is 2.13. The summed E-state index contributed by atoms with van der Waals surface area (Å²) in [5, 5.41) is 16.2. The molecule has 82 valence electrons. The first kappa shape index (κ1) is 10.6. The highest BCUT2D eigenvalue weighted by atomic mass is 32.2. The maximum absolute atomic E-state index is 11.0. The second-order valence-corrected chi connectivity index (χ2v) is 3.98. The molecule has 0 atom stereocenters. The third-order valence-electron chi connectivity index (χ3n) is 1.82. The summed E-state index contributed by atoms with van der Waals surface area (Å²) in [4.78, 5) is 19.0. The standard InChI is InChI=1S/C9H8N4O2S/c1-5-2-3-6(8(14)15)7(12-5)16-9-10-4-11-13-9/h2-4H,1H3,(H,14,15)(H,10,11,13). The number of nitrogens with one attached hydrogen (secondary N) is 1. The SMILES string of the molecule is Cc1ccc(C(=O)O)c(Sc2ncn[nH]2)n1. The van der Waals surface area contributed by atoms with Crippen LogP contribution in [0, 0.1) is 6.92 Å². The van der Waals surface area contributed by atoms with Crippen molar-refractivity contribution in [3.63, 3.8) is 0 Å². The van der Waals surface area contributed by atoms with Crippen LogP contribution in [0.3, 0.4) is 0 Å². The van der Waals surface area contributed by atoms with Crippen LogP contribution in [-0.2, 0) is 0 Å². The van der Waals surface area contributed by atoms with E-state index < -0.39 is 5.97 Å². The number of carboxylic acids is 1. The van der Waals surface area contributed by atoms with E-state index in [1.165, 1.54) is 12.4 Å². The zero-order valence-electron chi connectivity index (χ0n) is 8.34. The van der Waals surface area contributed by atoms with E-state index in [0.717, 1.165) is 17.5 Å². The van der Waals surface area contributed by atoms with Gasteiger partial charge in [-0.3, -0.25) is 5.10 Å². The van der Waals surface area contributed by atoms with E-state index in [9.17, 15) is 4.79 Å². The van der Waals surface area contributed by atoms with Crippen molar-refractivity contribution in [2.75, 3.05) is 0 Å². The Morgan fingerprint density at radius 1 is 1.50 bits per heavy atom. The lowest BCUT2D eigenvalue weighted by molar-refractivity contribution is 0.0692. The van der Waals surface area contributed by atoms with E-state index in [2.05, 4.69) is 20.2 Å². The molecule has 0 aliphatic carbocycles. The van der Waals surface area contributed by atoms with Gasteiger partial charge in [0.1, 0.15) is 11.4 Å². The van der Waals surface area contributed by atoms with Gasteiger partial charge in [-0.05, 0) is 30.8 Å². The largest absolute Gasteiger partial charge is 0.478 e. The molecule has 2 rings (SSSR count). The van der Waals surface area contributed by atoms with Crippen LogP contribution in [-0.4, -0.2) is 31.2 Å². The van der Waals surface area contributed by atoms with Crippen molar-refractivity contribution in [3.8, 4) is 0 Å². The molecule has 0 spiro atoms. The number of aryl methyl sites for hydroxylation is 1. The Bertz CT molecular complexity index is 512. The van der Waals surface area contributed by atoms with Gasteiger partial charge < -0.3 is 5.11 Å². The summed E-state index contributed by atoms with van der Waals surface area (Å²) in [6, 6.07) is 3.19. The number of carbonyl (C=O) groups is 1. The number of hydrogen-bond donors (Lipinski definition) is 2. The van der Waals surface area contributed by atoms with Crippen LogP contribution in [0.15, 0.2) is 28.6 Å². The van der Waals surface area contributed by atoms with Crippen molar-refractivity contribution in [1.82, 2.24) is 20.2 Å². The fraction of sp³-hybridized carbons (Fsp3) is 0.111. The molecule has 0 bridgehead atoms.